The zero-order chi connectivity index (χ0) is 38.4. The quantitative estimate of drug-likeness (QED) is 0.159. The van der Waals surface area contributed by atoms with Crippen molar-refractivity contribution in [2.75, 3.05) is 0 Å². The average Bonchev–Trinajstić information content (AvgIpc) is 3.31. The van der Waals surface area contributed by atoms with Crippen molar-refractivity contribution in [2.45, 2.75) is 0 Å². The van der Waals surface area contributed by atoms with E-state index in [1.54, 1.807) is 0 Å². The summed E-state index contributed by atoms with van der Waals surface area (Å²) in [7, 11) is 0. The lowest BCUT2D eigenvalue weighted by Gasteiger charge is -2.13. The second kappa shape index (κ2) is 14.0. The highest BCUT2D eigenvalue weighted by Gasteiger charge is 2.17. The Hall–Kier alpha value is -7.89. The largest absolute Gasteiger partial charge is 0.227 e. The van der Waals surface area contributed by atoms with E-state index in [1.807, 2.05) is 24.3 Å². The summed E-state index contributed by atoms with van der Waals surface area (Å²) in [6.45, 7) is 0. The summed E-state index contributed by atoms with van der Waals surface area (Å²) in [6, 6.07) is 69.5. The van der Waals surface area contributed by atoms with Crippen molar-refractivity contribution in [3.05, 3.63) is 200 Å². The van der Waals surface area contributed by atoms with E-state index in [-0.39, 0.29) is 0 Å². The van der Waals surface area contributed by atoms with Gasteiger partial charge in [-0.25, -0.2) is 24.9 Å². The SMILES string of the molecule is c1ccc(-c2nc(-c3ccccc3)c3ccc4ccc(-c5cccc(-c6nc(-c7ccc8ccccc8c7)nc(-c7ccc8ccccc8c7)n6)c5)cc4c3n2)cc1. The molecule has 0 radical (unpaired) electrons. The maximum Gasteiger partial charge on any atom is 0.164 e. The molecule has 9 aromatic carbocycles. The third-order valence-corrected chi connectivity index (χ3v) is 10.9. The lowest BCUT2D eigenvalue weighted by atomic mass is 9.96. The van der Waals surface area contributed by atoms with Gasteiger partial charge in [-0.15, -0.1) is 0 Å². The van der Waals surface area contributed by atoms with Gasteiger partial charge in [0.15, 0.2) is 23.3 Å². The zero-order valence-corrected chi connectivity index (χ0v) is 31.3. The number of hydrogen-bond donors (Lipinski definition) is 0. The number of hydrogen-bond acceptors (Lipinski definition) is 5. The Bertz CT molecular complexity index is 3250. The van der Waals surface area contributed by atoms with Crippen LogP contribution in [0, 0.1) is 0 Å². The van der Waals surface area contributed by atoms with Gasteiger partial charge in [-0.05, 0) is 68.4 Å². The molecule has 5 heteroatoms. The van der Waals surface area contributed by atoms with Gasteiger partial charge in [-0.3, -0.25) is 0 Å². The zero-order valence-electron chi connectivity index (χ0n) is 31.3. The molecule has 270 valence electrons. The first-order valence-corrected chi connectivity index (χ1v) is 19.4. The van der Waals surface area contributed by atoms with Crippen molar-refractivity contribution in [1.29, 1.82) is 0 Å². The Balaban J connectivity index is 1.07. The Labute approximate surface area is 335 Å². The molecule has 0 unspecified atom stereocenters. The summed E-state index contributed by atoms with van der Waals surface area (Å²) in [5.74, 6) is 2.57. The highest BCUT2D eigenvalue weighted by Crippen LogP contribution is 2.36. The van der Waals surface area contributed by atoms with Crippen molar-refractivity contribution in [2.24, 2.45) is 0 Å². The monoisotopic (exact) mass is 739 g/mol. The van der Waals surface area contributed by atoms with E-state index >= 15 is 0 Å². The van der Waals surface area contributed by atoms with Crippen LogP contribution >= 0.6 is 0 Å². The predicted molar refractivity (Wildman–Crippen MR) is 238 cm³/mol. The van der Waals surface area contributed by atoms with Crippen LogP contribution in [-0.4, -0.2) is 24.9 Å². The number of rotatable bonds is 6. The second-order valence-corrected chi connectivity index (χ2v) is 14.5. The smallest absolute Gasteiger partial charge is 0.164 e. The minimum absolute atomic E-state index is 0.613. The first kappa shape index (κ1) is 33.4. The molecule has 11 rings (SSSR count). The van der Waals surface area contributed by atoms with Gasteiger partial charge in [0.05, 0.1) is 11.2 Å². The maximum absolute atomic E-state index is 5.24. The molecular formula is C53H33N5. The van der Waals surface area contributed by atoms with Crippen molar-refractivity contribution in [1.82, 2.24) is 24.9 Å². The van der Waals surface area contributed by atoms with Gasteiger partial charge in [0.2, 0.25) is 0 Å². The first-order valence-electron chi connectivity index (χ1n) is 19.4. The summed E-state index contributed by atoms with van der Waals surface area (Å²) in [4.78, 5) is 25.7. The third kappa shape index (κ3) is 6.12. The lowest BCUT2D eigenvalue weighted by molar-refractivity contribution is 1.08. The molecular weight excluding hydrogens is 707 g/mol. The van der Waals surface area contributed by atoms with Crippen LogP contribution in [0.4, 0.5) is 0 Å². The summed E-state index contributed by atoms with van der Waals surface area (Å²) in [5, 5.41) is 7.80. The fraction of sp³-hybridized carbons (Fsp3) is 0. The molecule has 0 bridgehead atoms. The van der Waals surface area contributed by atoms with Gasteiger partial charge < -0.3 is 0 Å². The van der Waals surface area contributed by atoms with Crippen LogP contribution in [0.5, 0.6) is 0 Å². The Morgan fingerprint density at radius 1 is 0.224 bits per heavy atom. The van der Waals surface area contributed by atoms with Crippen LogP contribution in [0.15, 0.2) is 200 Å². The van der Waals surface area contributed by atoms with Gasteiger partial charge >= 0.3 is 0 Å². The molecule has 0 atom stereocenters. The molecule has 0 saturated heterocycles. The molecule has 2 heterocycles. The Kier molecular flexibility index (Phi) is 8.07. The van der Waals surface area contributed by atoms with Crippen LogP contribution in [0.3, 0.4) is 0 Å². The highest BCUT2D eigenvalue weighted by molar-refractivity contribution is 6.10. The molecule has 2 aromatic heterocycles. The van der Waals surface area contributed by atoms with Gasteiger partial charge in [-0.1, -0.05) is 170 Å². The van der Waals surface area contributed by atoms with Crippen molar-refractivity contribution in [3.63, 3.8) is 0 Å². The fourth-order valence-corrected chi connectivity index (χ4v) is 7.88. The minimum Gasteiger partial charge on any atom is -0.227 e. The van der Waals surface area contributed by atoms with Crippen LogP contribution in [0.2, 0.25) is 0 Å². The summed E-state index contributed by atoms with van der Waals surface area (Å²) < 4.78 is 0. The summed E-state index contributed by atoms with van der Waals surface area (Å²) in [6.07, 6.45) is 0. The van der Waals surface area contributed by atoms with Gasteiger partial charge in [-0.2, -0.15) is 0 Å². The molecule has 0 N–H and O–H groups in total. The van der Waals surface area contributed by atoms with Crippen LogP contribution in [0.25, 0.3) is 111 Å². The van der Waals surface area contributed by atoms with Gasteiger partial charge in [0.1, 0.15) is 0 Å². The number of nitrogens with zero attached hydrogens (tertiary/aromatic N) is 5. The highest BCUT2D eigenvalue weighted by atomic mass is 15.0. The minimum atomic E-state index is 0.613. The van der Waals surface area contributed by atoms with Gasteiger partial charge in [0, 0.05) is 38.6 Å². The van der Waals surface area contributed by atoms with E-state index in [9.17, 15) is 0 Å². The van der Waals surface area contributed by atoms with Crippen molar-refractivity contribution >= 4 is 43.2 Å². The van der Waals surface area contributed by atoms with E-state index in [0.717, 1.165) is 77.1 Å². The molecule has 0 aliphatic rings. The standard InChI is InChI=1S/C53H33N5/c1-3-14-37(15-4-1)48-46-29-28-36-24-25-42(33-47(36)49(46)55-50(54-48)38-16-5-2-6-17-38)41-20-11-21-43(32-41)51-56-52(44-26-22-34-12-7-9-18-39(34)30-44)58-53(57-51)45-27-23-35-13-8-10-19-40(35)31-45/h1-33H. The molecule has 11 aromatic rings. The van der Waals surface area contributed by atoms with E-state index in [4.69, 9.17) is 24.9 Å². The topological polar surface area (TPSA) is 64.5 Å². The Morgan fingerprint density at radius 2 is 0.672 bits per heavy atom. The normalized spacial score (nSPS) is 11.4. The molecule has 0 amide bonds. The Morgan fingerprint density at radius 3 is 1.31 bits per heavy atom. The molecule has 0 aliphatic carbocycles. The van der Waals surface area contributed by atoms with Gasteiger partial charge in [0.25, 0.3) is 0 Å². The summed E-state index contributed by atoms with van der Waals surface area (Å²) in [5.41, 5.74) is 8.77. The van der Waals surface area contributed by atoms with E-state index in [1.165, 1.54) is 10.8 Å². The molecule has 0 fully saturated rings. The molecule has 5 nitrogen and oxygen atoms in total. The van der Waals surface area contributed by atoms with E-state index < -0.39 is 0 Å². The van der Waals surface area contributed by atoms with Crippen LogP contribution < -0.4 is 0 Å². The first-order chi connectivity index (χ1) is 28.7. The summed E-state index contributed by atoms with van der Waals surface area (Å²) >= 11 is 0. The van der Waals surface area contributed by atoms with Crippen molar-refractivity contribution in [3.8, 4) is 67.9 Å². The molecule has 58 heavy (non-hydrogen) atoms. The van der Waals surface area contributed by atoms with E-state index in [0.29, 0.717) is 23.3 Å². The number of fused-ring (bicyclic) bond motifs is 5. The predicted octanol–water partition coefficient (Wildman–Crippen LogP) is 13.3. The molecule has 0 aliphatic heterocycles. The lowest BCUT2D eigenvalue weighted by Crippen LogP contribution is -2.00. The third-order valence-electron chi connectivity index (χ3n) is 10.9. The second-order valence-electron chi connectivity index (χ2n) is 14.5. The average molecular weight is 740 g/mol. The van der Waals surface area contributed by atoms with Crippen LogP contribution in [-0.2, 0) is 0 Å². The molecule has 0 saturated carbocycles. The molecule has 0 spiro atoms. The number of benzene rings is 9. The number of aromatic nitrogens is 5. The van der Waals surface area contributed by atoms with Crippen LogP contribution in [0.1, 0.15) is 0 Å². The fourth-order valence-electron chi connectivity index (χ4n) is 7.88. The van der Waals surface area contributed by atoms with Crippen molar-refractivity contribution < 1.29 is 0 Å². The maximum atomic E-state index is 5.24. The van der Waals surface area contributed by atoms with E-state index in [2.05, 4.69) is 176 Å².